The Balaban J connectivity index is 1.91. The number of hydrazine groups is 1. The van der Waals surface area contributed by atoms with Gasteiger partial charge in [0.15, 0.2) is 0 Å². The van der Waals surface area contributed by atoms with Gasteiger partial charge in [0.05, 0.1) is 28.4 Å². The maximum atomic E-state index is 13.8. The third kappa shape index (κ3) is 3.09. The summed E-state index contributed by atoms with van der Waals surface area (Å²) in [7, 11) is 2.35. The zero-order valence-corrected chi connectivity index (χ0v) is 17.9. The molecule has 2 aliphatic rings. The van der Waals surface area contributed by atoms with Gasteiger partial charge in [-0.15, -0.1) is 0 Å². The molecule has 10 heteroatoms. The van der Waals surface area contributed by atoms with E-state index in [9.17, 15) is 13.6 Å². The molecule has 1 atom stereocenters. The Morgan fingerprint density at radius 3 is 2.27 bits per heavy atom. The minimum absolute atomic E-state index is 0.00829. The molecule has 30 heavy (non-hydrogen) atoms. The highest BCUT2D eigenvalue weighted by Crippen LogP contribution is 2.57. The van der Waals surface area contributed by atoms with Crippen molar-refractivity contribution in [3.63, 3.8) is 0 Å². The maximum Gasteiger partial charge on any atom is 0.497 e. The van der Waals surface area contributed by atoms with Gasteiger partial charge in [0.1, 0.15) is 11.3 Å². The normalized spacial score (nSPS) is 23.6. The van der Waals surface area contributed by atoms with Gasteiger partial charge in [-0.05, 0) is 33.8 Å². The number of hydrogen-bond acceptors (Lipinski definition) is 6. The molecule has 0 spiro atoms. The second-order valence-electron chi connectivity index (χ2n) is 9.04. The van der Waals surface area contributed by atoms with Crippen LogP contribution in [0.1, 0.15) is 56.2 Å². The largest absolute Gasteiger partial charge is 0.497 e. The van der Waals surface area contributed by atoms with Crippen LogP contribution in [0.25, 0.3) is 11.0 Å². The average Bonchev–Trinajstić information content (AvgIpc) is 3.02. The van der Waals surface area contributed by atoms with Gasteiger partial charge < -0.3 is 24.1 Å². The monoisotopic (exact) mass is 421 g/mol. The van der Waals surface area contributed by atoms with Crippen molar-refractivity contribution in [2.75, 3.05) is 19.1 Å². The average molecular weight is 421 g/mol. The minimum atomic E-state index is -2.88. The number of rotatable bonds is 4. The molecule has 1 amide bonds. The molecule has 3 N–H and O–H groups in total. The van der Waals surface area contributed by atoms with E-state index in [2.05, 4.69) is 5.32 Å². The molecule has 1 saturated carbocycles. The van der Waals surface area contributed by atoms with Gasteiger partial charge >= 0.3 is 7.12 Å². The number of nitrogens with two attached hydrogens (primary N) is 1. The third-order valence-corrected chi connectivity index (χ3v) is 6.35. The fourth-order valence-corrected chi connectivity index (χ4v) is 3.73. The van der Waals surface area contributed by atoms with Crippen molar-refractivity contribution in [2.24, 2.45) is 5.84 Å². The van der Waals surface area contributed by atoms with Crippen molar-refractivity contribution in [3.05, 3.63) is 23.5 Å². The van der Waals surface area contributed by atoms with E-state index in [1.807, 2.05) is 27.7 Å². The van der Waals surface area contributed by atoms with E-state index in [1.54, 1.807) is 19.2 Å². The molecule has 1 aliphatic heterocycles. The number of fused-ring (bicyclic) bond motifs is 1. The summed E-state index contributed by atoms with van der Waals surface area (Å²) in [4.78, 5) is 12.6. The first-order valence-corrected chi connectivity index (χ1v) is 9.83. The Morgan fingerprint density at radius 1 is 1.23 bits per heavy atom. The number of carbonyl (C=O) groups is 1. The van der Waals surface area contributed by atoms with E-state index in [-0.39, 0.29) is 17.7 Å². The zero-order valence-electron chi connectivity index (χ0n) is 17.9. The van der Waals surface area contributed by atoms with Gasteiger partial charge in [0.2, 0.25) is 0 Å². The van der Waals surface area contributed by atoms with Gasteiger partial charge in [-0.3, -0.25) is 4.79 Å². The van der Waals surface area contributed by atoms with Crippen molar-refractivity contribution in [2.45, 2.75) is 57.2 Å². The summed E-state index contributed by atoms with van der Waals surface area (Å²) in [6, 6.07) is 3.32. The highest BCUT2D eigenvalue weighted by atomic mass is 19.3. The van der Waals surface area contributed by atoms with Crippen molar-refractivity contribution in [1.82, 2.24) is 5.32 Å². The van der Waals surface area contributed by atoms with Gasteiger partial charge in [-0.25, -0.2) is 14.6 Å². The molecule has 1 unspecified atom stereocenters. The molecular formula is C20H26BF2N3O4. The summed E-state index contributed by atoms with van der Waals surface area (Å²) in [6.45, 7) is 7.72. The Morgan fingerprint density at radius 2 is 1.80 bits per heavy atom. The molecule has 1 saturated heterocycles. The second kappa shape index (κ2) is 6.42. The van der Waals surface area contributed by atoms with Gasteiger partial charge in [0.25, 0.3) is 11.8 Å². The lowest BCUT2D eigenvalue weighted by Gasteiger charge is -2.32. The smallest absolute Gasteiger partial charge is 0.460 e. The summed E-state index contributed by atoms with van der Waals surface area (Å²) in [5.74, 6) is 1.55. The van der Waals surface area contributed by atoms with E-state index in [4.69, 9.17) is 19.6 Å². The van der Waals surface area contributed by atoms with E-state index < -0.39 is 36.1 Å². The Bertz CT molecular complexity index is 1020. The van der Waals surface area contributed by atoms with E-state index >= 15 is 0 Å². The molecule has 7 nitrogen and oxygen atoms in total. The van der Waals surface area contributed by atoms with Crippen LogP contribution in [0, 0.1) is 0 Å². The lowest BCUT2D eigenvalue weighted by atomic mass is 9.76. The number of furan rings is 1. The predicted molar refractivity (Wildman–Crippen MR) is 110 cm³/mol. The van der Waals surface area contributed by atoms with Crippen LogP contribution in [-0.4, -0.2) is 44.2 Å². The molecule has 2 fully saturated rings. The standard InChI is InChI=1S/C20H26BF2N3O4/c1-18(2)19(3,4)30-21(29-18)12-7-10-14(8-13(12)26(6)24)28-16(11-9-20(11,22)23)15(10)17(27)25-5/h7-8,11H,9,24H2,1-6H3,(H,25,27). The molecule has 0 radical (unpaired) electrons. The van der Waals surface area contributed by atoms with E-state index in [0.717, 1.165) is 0 Å². The highest BCUT2D eigenvalue weighted by Gasteiger charge is 2.61. The van der Waals surface area contributed by atoms with Crippen LogP contribution < -0.4 is 21.6 Å². The molecule has 4 rings (SSSR count). The van der Waals surface area contributed by atoms with Crippen LogP contribution in [0.15, 0.2) is 16.5 Å². The summed E-state index contributed by atoms with van der Waals surface area (Å²) < 4.78 is 45.7. The first-order valence-electron chi connectivity index (χ1n) is 9.83. The molecule has 1 aromatic heterocycles. The SMILES string of the molecule is CNC(=O)c1c(C2CC2(F)F)oc2cc(N(C)N)c(B3OC(C)(C)C(C)(C)O3)cc12. The van der Waals surface area contributed by atoms with E-state index in [0.29, 0.717) is 22.1 Å². The van der Waals surface area contributed by atoms with Crippen LogP contribution in [0.3, 0.4) is 0 Å². The third-order valence-electron chi connectivity index (χ3n) is 6.35. The summed E-state index contributed by atoms with van der Waals surface area (Å²) in [5, 5.41) is 4.32. The molecule has 1 aromatic carbocycles. The number of hydrogen-bond donors (Lipinski definition) is 2. The molecule has 162 valence electrons. The maximum absolute atomic E-state index is 13.8. The summed E-state index contributed by atoms with van der Waals surface area (Å²) in [5.41, 5.74) is 0.382. The van der Waals surface area contributed by atoms with Crippen molar-refractivity contribution in [3.8, 4) is 0 Å². The zero-order chi connectivity index (χ0) is 22.2. The number of nitrogens with one attached hydrogen (secondary N) is 1. The van der Waals surface area contributed by atoms with Crippen LogP contribution >= 0.6 is 0 Å². The fraction of sp³-hybridized carbons (Fsp3) is 0.550. The molecule has 1 aliphatic carbocycles. The van der Waals surface area contributed by atoms with Crippen molar-refractivity contribution >= 4 is 35.1 Å². The molecule has 2 aromatic rings. The van der Waals surface area contributed by atoms with Crippen LogP contribution in [0.4, 0.5) is 14.5 Å². The van der Waals surface area contributed by atoms with Crippen molar-refractivity contribution in [1.29, 1.82) is 0 Å². The molecule has 2 heterocycles. The quantitative estimate of drug-likeness (QED) is 0.448. The van der Waals surface area contributed by atoms with Crippen LogP contribution in [-0.2, 0) is 9.31 Å². The lowest BCUT2D eigenvalue weighted by Crippen LogP contribution is -2.41. The Hall–Kier alpha value is -2.17. The van der Waals surface area contributed by atoms with E-state index in [1.165, 1.54) is 12.1 Å². The predicted octanol–water partition coefficient (Wildman–Crippen LogP) is 2.52. The van der Waals surface area contributed by atoms with Crippen LogP contribution in [0.2, 0.25) is 0 Å². The highest BCUT2D eigenvalue weighted by molar-refractivity contribution is 6.64. The summed E-state index contributed by atoms with van der Waals surface area (Å²) >= 11 is 0. The topological polar surface area (TPSA) is 90.0 Å². The number of carbonyl (C=O) groups excluding carboxylic acids is 1. The Kier molecular flexibility index (Phi) is 4.51. The number of nitrogens with zero attached hydrogens (tertiary/aromatic N) is 1. The van der Waals surface area contributed by atoms with Gasteiger partial charge in [0, 0.05) is 37.4 Å². The minimum Gasteiger partial charge on any atom is -0.460 e. The molecular weight excluding hydrogens is 395 g/mol. The molecule has 0 bridgehead atoms. The number of anilines is 1. The van der Waals surface area contributed by atoms with Crippen LogP contribution in [0.5, 0.6) is 0 Å². The number of halogens is 2. The first kappa shape index (κ1) is 21.1. The lowest BCUT2D eigenvalue weighted by molar-refractivity contribution is 0.00578. The van der Waals surface area contributed by atoms with Gasteiger partial charge in [-0.2, -0.15) is 0 Å². The summed E-state index contributed by atoms with van der Waals surface area (Å²) in [6.07, 6.45) is -0.343. The van der Waals surface area contributed by atoms with Crippen molar-refractivity contribution < 1.29 is 27.3 Å². The fourth-order valence-electron chi connectivity index (χ4n) is 3.73. The second-order valence-corrected chi connectivity index (χ2v) is 9.04. The number of benzene rings is 1. The number of amides is 1. The Labute approximate surface area is 174 Å². The first-order chi connectivity index (χ1) is 13.8. The van der Waals surface area contributed by atoms with Gasteiger partial charge in [-0.1, -0.05) is 0 Å². The number of alkyl halides is 2.